The molecule has 158 valence electrons. The molecule has 3 nitrogen and oxygen atoms in total. The first kappa shape index (κ1) is 19.1. The van der Waals surface area contributed by atoms with Gasteiger partial charge in [0.1, 0.15) is 17.1 Å². The van der Waals surface area contributed by atoms with E-state index in [2.05, 4.69) is 67.6 Å². The average Bonchev–Trinajstić information content (AvgIpc) is 3.13. The lowest BCUT2D eigenvalue weighted by Crippen LogP contribution is -2.29. The Kier molecular flexibility index (Phi) is 4.17. The van der Waals surface area contributed by atoms with Crippen molar-refractivity contribution >= 4 is 21.9 Å². The summed E-state index contributed by atoms with van der Waals surface area (Å²) in [6.45, 7) is 2.81. The average molecular weight is 421 g/mol. The van der Waals surface area contributed by atoms with Crippen LogP contribution in [-0.4, -0.2) is 14.2 Å². The third-order valence-electron chi connectivity index (χ3n) is 6.90. The highest BCUT2D eigenvalue weighted by Crippen LogP contribution is 2.58. The van der Waals surface area contributed by atoms with Crippen molar-refractivity contribution in [3.05, 3.63) is 107 Å². The maximum absolute atomic E-state index is 6.63. The summed E-state index contributed by atoms with van der Waals surface area (Å²) >= 11 is 0. The topological polar surface area (TPSA) is 27.7 Å². The van der Waals surface area contributed by atoms with Gasteiger partial charge in [0.15, 0.2) is 0 Å². The van der Waals surface area contributed by atoms with E-state index in [-0.39, 0.29) is 0 Å². The Hall–Kier alpha value is -3.56. The Labute approximate surface area is 187 Å². The van der Waals surface area contributed by atoms with Crippen LogP contribution in [0, 0.1) is 0 Å². The van der Waals surface area contributed by atoms with Gasteiger partial charge in [-0.05, 0) is 75.4 Å². The molecular weight excluding hydrogens is 396 g/mol. The molecular formula is C29H24O3. The number of methoxy groups -OCH3 is 2. The van der Waals surface area contributed by atoms with E-state index in [1.165, 1.54) is 38.8 Å². The largest absolute Gasteiger partial charge is 0.497 e. The van der Waals surface area contributed by atoms with Crippen LogP contribution < -0.4 is 9.47 Å². The quantitative estimate of drug-likeness (QED) is 0.375. The molecule has 0 amide bonds. The van der Waals surface area contributed by atoms with Gasteiger partial charge in [-0.15, -0.1) is 0 Å². The van der Waals surface area contributed by atoms with E-state index in [1.807, 2.05) is 18.2 Å². The molecule has 3 heteroatoms. The molecule has 1 heterocycles. The van der Waals surface area contributed by atoms with E-state index in [1.54, 1.807) is 14.2 Å². The third kappa shape index (κ3) is 2.58. The molecule has 0 fully saturated rings. The fraction of sp³-hybridized carbons (Fsp3) is 0.172. The molecule has 1 aliphatic heterocycles. The molecule has 0 radical (unpaired) electrons. The van der Waals surface area contributed by atoms with Crippen LogP contribution in [0.3, 0.4) is 0 Å². The second-order valence-electron chi connectivity index (χ2n) is 8.53. The normalized spacial score (nSPS) is 18.8. The first-order chi connectivity index (χ1) is 15.6. The fourth-order valence-corrected chi connectivity index (χ4v) is 5.30. The molecule has 0 saturated heterocycles. The number of hydrogen-bond acceptors (Lipinski definition) is 3. The SMILES string of the molecule is COc1ccc(C2=C3c4ccccc4CO[C@]3(C)c3ccc4cc(OC)ccc4c32)cc1. The van der Waals surface area contributed by atoms with Crippen molar-refractivity contribution < 1.29 is 14.2 Å². The van der Waals surface area contributed by atoms with Crippen LogP contribution in [-0.2, 0) is 16.9 Å². The van der Waals surface area contributed by atoms with Crippen LogP contribution in [0.25, 0.3) is 21.9 Å². The van der Waals surface area contributed by atoms with E-state index >= 15 is 0 Å². The minimum Gasteiger partial charge on any atom is -0.497 e. The van der Waals surface area contributed by atoms with Gasteiger partial charge in [0.25, 0.3) is 0 Å². The Morgan fingerprint density at radius 1 is 0.812 bits per heavy atom. The van der Waals surface area contributed by atoms with Gasteiger partial charge in [0.2, 0.25) is 0 Å². The van der Waals surface area contributed by atoms with Gasteiger partial charge < -0.3 is 14.2 Å². The lowest BCUT2D eigenvalue weighted by atomic mass is 9.82. The Morgan fingerprint density at radius 3 is 2.34 bits per heavy atom. The minimum absolute atomic E-state index is 0.507. The maximum Gasteiger partial charge on any atom is 0.119 e. The highest BCUT2D eigenvalue weighted by atomic mass is 16.5. The number of rotatable bonds is 3. The van der Waals surface area contributed by atoms with Crippen LogP contribution in [0.4, 0.5) is 0 Å². The summed E-state index contributed by atoms with van der Waals surface area (Å²) in [7, 11) is 3.41. The van der Waals surface area contributed by atoms with Crippen molar-refractivity contribution in [1.29, 1.82) is 0 Å². The molecule has 0 aromatic heterocycles. The van der Waals surface area contributed by atoms with Crippen molar-refractivity contribution in [1.82, 2.24) is 0 Å². The Balaban J connectivity index is 1.73. The summed E-state index contributed by atoms with van der Waals surface area (Å²) in [5.41, 5.74) is 8.07. The van der Waals surface area contributed by atoms with Crippen LogP contribution in [0.1, 0.15) is 34.7 Å². The molecule has 6 rings (SSSR count). The molecule has 0 N–H and O–H groups in total. The standard InChI is InChI=1S/C29H24O3/c1-29-25-15-10-19-16-22(31-3)13-14-23(19)27(25)26(18-8-11-21(30-2)12-9-18)28(29)24-7-5-4-6-20(24)17-32-29/h4-16H,17H2,1-3H3/t29-/m1/s1. The molecule has 2 aliphatic rings. The summed E-state index contributed by atoms with van der Waals surface area (Å²) < 4.78 is 17.5. The third-order valence-corrected chi connectivity index (χ3v) is 6.90. The summed E-state index contributed by atoms with van der Waals surface area (Å²) in [6.07, 6.45) is 0. The zero-order valence-electron chi connectivity index (χ0n) is 18.4. The fourth-order valence-electron chi connectivity index (χ4n) is 5.30. The molecule has 0 saturated carbocycles. The highest BCUT2D eigenvalue weighted by Gasteiger charge is 2.47. The molecule has 32 heavy (non-hydrogen) atoms. The molecule has 4 aromatic rings. The smallest absolute Gasteiger partial charge is 0.119 e. The second kappa shape index (κ2) is 6.98. The van der Waals surface area contributed by atoms with E-state index in [0.29, 0.717) is 6.61 Å². The predicted octanol–water partition coefficient (Wildman–Crippen LogP) is 6.58. The molecule has 0 unspecified atom stereocenters. The van der Waals surface area contributed by atoms with Crippen molar-refractivity contribution in [3.8, 4) is 11.5 Å². The monoisotopic (exact) mass is 420 g/mol. The van der Waals surface area contributed by atoms with Gasteiger partial charge in [0.05, 0.1) is 20.8 Å². The van der Waals surface area contributed by atoms with Gasteiger partial charge in [-0.1, -0.05) is 54.6 Å². The first-order valence-corrected chi connectivity index (χ1v) is 10.9. The highest BCUT2D eigenvalue weighted by molar-refractivity contribution is 6.14. The van der Waals surface area contributed by atoms with Crippen LogP contribution in [0.5, 0.6) is 11.5 Å². The Morgan fingerprint density at radius 2 is 1.56 bits per heavy atom. The van der Waals surface area contributed by atoms with Gasteiger partial charge in [-0.25, -0.2) is 0 Å². The summed E-state index contributed by atoms with van der Waals surface area (Å²) in [5.74, 6) is 1.71. The van der Waals surface area contributed by atoms with Crippen molar-refractivity contribution in [3.63, 3.8) is 0 Å². The Bertz CT molecular complexity index is 1400. The van der Waals surface area contributed by atoms with E-state index in [9.17, 15) is 0 Å². The molecule has 4 aromatic carbocycles. The zero-order chi connectivity index (χ0) is 21.9. The number of benzene rings is 4. The van der Waals surface area contributed by atoms with Gasteiger partial charge in [-0.3, -0.25) is 0 Å². The van der Waals surface area contributed by atoms with Gasteiger partial charge in [0, 0.05) is 5.57 Å². The number of fused-ring (bicyclic) bond motifs is 7. The van der Waals surface area contributed by atoms with E-state index < -0.39 is 5.60 Å². The minimum atomic E-state index is -0.507. The summed E-state index contributed by atoms with van der Waals surface area (Å²) in [5, 5.41) is 2.36. The lowest BCUT2D eigenvalue weighted by molar-refractivity contribution is -0.00716. The van der Waals surface area contributed by atoms with Crippen LogP contribution in [0.15, 0.2) is 78.9 Å². The van der Waals surface area contributed by atoms with Crippen molar-refractivity contribution in [2.45, 2.75) is 19.1 Å². The zero-order valence-corrected chi connectivity index (χ0v) is 18.4. The molecule has 1 atom stereocenters. The predicted molar refractivity (Wildman–Crippen MR) is 128 cm³/mol. The van der Waals surface area contributed by atoms with E-state index in [4.69, 9.17) is 14.2 Å². The lowest BCUT2D eigenvalue weighted by Gasteiger charge is -2.36. The summed E-state index contributed by atoms with van der Waals surface area (Å²) in [4.78, 5) is 0. The van der Waals surface area contributed by atoms with Crippen LogP contribution in [0.2, 0.25) is 0 Å². The summed E-state index contributed by atoms with van der Waals surface area (Å²) in [6, 6.07) is 27.7. The second-order valence-corrected chi connectivity index (χ2v) is 8.53. The molecule has 0 spiro atoms. The first-order valence-electron chi connectivity index (χ1n) is 10.9. The van der Waals surface area contributed by atoms with Gasteiger partial charge in [-0.2, -0.15) is 0 Å². The van der Waals surface area contributed by atoms with Crippen LogP contribution >= 0.6 is 0 Å². The van der Waals surface area contributed by atoms with Gasteiger partial charge >= 0.3 is 0 Å². The molecule has 1 aliphatic carbocycles. The molecule has 0 bridgehead atoms. The number of ether oxygens (including phenoxy) is 3. The van der Waals surface area contributed by atoms with Crippen molar-refractivity contribution in [2.24, 2.45) is 0 Å². The van der Waals surface area contributed by atoms with E-state index in [0.717, 1.165) is 22.4 Å². The van der Waals surface area contributed by atoms with Crippen molar-refractivity contribution in [2.75, 3.05) is 14.2 Å². The number of hydrogen-bond donors (Lipinski definition) is 0. The maximum atomic E-state index is 6.63.